The second-order valence-corrected chi connectivity index (χ2v) is 11.2. The summed E-state index contributed by atoms with van der Waals surface area (Å²) < 4.78 is 15.3. The molecule has 4 rings (SSSR count). The highest BCUT2D eigenvalue weighted by atomic mass is 31.2. The van der Waals surface area contributed by atoms with Gasteiger partial charge in [-0.3, -0.25) is 9.79 Å². The fraction of sp³-hybridized carbons (Fsp3) is 0.133. The van der Waals surface area contributed by atoms with Gasteiger partial charge in [0.05, 0.1) is 23.5 Å². The van der Waals surface area contributed by atoms with Crippen LogP contribution < -0.4 is 10.6 Å². The van der Waals surface area contributed by atoms with Gasteiger partial charge < -0.3 is 4.57 Å². The van der Waals surface area contributed by atoms with Gasteiger partial charge in [0, 0.05) is 16.2 Å². The van der Waals surface area contributed by atoms with Crippen molar-refractivity contribution in [2.45, 2.75) is 24.9 Å². The van der Waals surface area contributed by atoms with E-state index in [2.05, 4.69) is 13.2 Å². The highest BCUT2D eigenvalue weighted by Crippen LogP contribution is 2.55. The maximum atomic E-state index is 15.3. The lowest BCUT2D eigenvalue weighted by Crippen LogP contribution is -2.29. The first-order valence-corrected chi connectivity index (χ1v) is 13.2. The third-order valence-corrected chi connectivity index (χ3v) is 9.59. The quantitative estimate of drug-likeness (QED) is 0.265. The molecular formula is C30H28NO2P. The van der Waals surface area contributed by atoms with E-state index in [1.807, 2.05) is 91.0 Å². The SMILES string of the molecule is C=CCC1=C(C(CC=C)P(=O)(c2ccccc2)c2ccccc2)C(=Nc2ccccc2)CC1=O. The molecule has 0 fully saturated rings. The lowest BCUT2D eigenvalue weighted by Gasteiger charge is -2.30. The van der Waals surface area contributed by atoms with Gasteiger partial charge in [0.1, 0.15) is 0 Å². The van der Waals surface area contributed by atoms with Crippen LogP contribution in [0.5, 0.6) is 0 Å². The zero-order valence-corrected chi connectivity index (χ0v) is 20.0. The second kappa shape index (κ2) is 10.6. The first-order chi connectivity index (χ1) is 16.6. The van der Waals surface area contributed by atoms with Crippen molar-refractivity contribution in [1.29, 1.82) is 0 Å². The summed E-state index contributed by atoms with van der Waals surface area (Å²) in [5.74, 6) is 0.0197. The molecule has 0 amide bonds. The second-order valence-electron chi connectivity index (χ2n) is 8.25. The number of para-hydroxylation sites is 1. The molecule has 4 heteroatoms. The Morgan fingerprint density at radius 2 is 1.35 bits per heavy atom. The summed E-state index contributed by atoms with van der Waals surface area (Å²) in [7, 11) is -3.23. The topological polar surface area (TPSA) is 46.5 Å². The minimum Gasteiger partial charge on any atom is -0.313 e. The number of carbonyl (C=O) groups excluding carboxylic acids is 1. The largest absolute Gasteiger partial charge is 0.313 e. The van der Waals surface area contributed by atoms with Gasteiger partial charge in [-0.15, -0.1) is 13.2 Å². The number of benzene rings is 3. The minimum absolute atomic E-state index is 0.0197. The molecule has 3 aromatic rings. The van der Waals surface area contributed by atoms with Crippen LogP contribution in [0.4, 0.5) is 5.69 Å². The summed E-state index contributed by atoms with van der Waals surface area (Å²) in [4.78, 5) is 18.1. The molecule has 0 N–H and O–H groups in total. The van der Waals surface area contributed by atoms with E-state index in [4.69, 9.17) is 4.99 Å². The van der Waals surface area contributed by atoms with Crippen molar-refractivity contribution >= 4 is 34.9 Å². The van der Waals surface area contributed by atoms with Crippen LogP contribution in [-0.4, -0.2) is 17.2 Å². The number of ketones is 1. The van der Waals surface area contributed by atoms with Gasteiger partial charge in [-0.25, -0.2) is 0 Å². The van der Waals surface area contributed by atoms with Crippen molar-refractivity contribution in [3.8, 4) is 0 Å². The van der Waals surface area contributed by atoms with E-state index in [1.54, 1.807) is 12.2 Å². The van der Waals surface area contributed by atoms with Crippen molar-refractivity contribution in [3.05, 3.63) is 127 Å². The fourth-order valence-corrected chi connectivity index (χ4v) is 7.97. The van der Waals surface area contributed by atoms with Crippen molar-refractivity contribution in [1.82, 2.24) is 0 Å². The molecule has 34 heavy (non-hydrogen) atoms. The van der Waals surface area contributed by atoms with Crippen LogP contribution in [0, 0.1) is 0 Å². The number of hydrogen-bond acceptors (Lipinski definition) is 3. The molecule has 0 aliphatic heterocycles. The van der Waals surface area contributed by atoms with Crippen molar-refractivity contribution in [2.24, 2.45) is 4.99 Å². The van der Waals surface area contributed by atoms with E-state index in [9.17, 15) is 4.79 Å². The average Bonchev–Trinajstić information content (AvgIpc) is 3.18. The standard InChI is InChI=1S/C30H28NO2P/c1-3-14-26-28(32)22-27(31-23-16-8-5-9-17-23)30(26)29(15-4-2)34(33,24-18-10-6-11-19-24)25-20-12-7-13-21-25/h3-13,16-21,29H,1-2,14-15,22H2. The molecule has 0 bridgehead atoms. The molecule has 1 aliphatic carbocycles. The van der Waals surface area contributed by atoms with Gasteiger partial charge in [-0.05, 0) is 30.5 Å². The van der Waals surface area contributed by atoms with Crippen LogP contribution in [0.2, 0.25) is 0 Å². The molecule has 1 unspecified atom stereocenters. The van der Waals surface area contributed by atoms with E-state index >= 15 is 4.57 Å². The van der Waals surface area contributed by atoms with Gasteiger partial charge in [-0.2, -0.15) is 0 Å². The zero-order chi connectivity index (χ0) is 24.0. The Kier molecular flexibility index (Phi) is 7.35. The molecule has 0 radical (unpaired) electrons. The summed E-state index contributed by atoms with van der Waals surface area (Å²) in [6.07, 6.45) is 4.60. The van der Waals surface area contributed by atoms with Crippen LogP contribution in [0.25, 0.3) is 0 Å². The average molecular weight is 466 g/mol. The summed E-state index contributed by atoms with van der Waals surface area (Å²) in [6, 6.07) is 28.8. The first kappa shape index (κ1) is 23.6. The lowest BCUT2D eigenvalue weighted by molar-refractivity contribution is -0.114. The maximum absolute atomic E-state index is 15.3. The van der Waals surface area contributed by atoms with Crippen LogP contribution in [0.15, 0.2) is 132 Å². The van der Waals surface area contributed by atoms with Gasteiger partial charge in [0.15, 0.2) is 12.9 Å². The highest BCUT2D eigenvalue weighted by molar-refractivity contribution is 7.79. The third-order valence-electron chi connectivity index (χ3n) is 6.11. The number of carbonyl (C=O) groups is 1. The predicted octanol–water partition coefficient (Wildman–Crippen LogP) is 6.56. The Bertz CT molecular complexity index is 1250. The number of nitrogens with zero attached hydrogens (tertiary/aromatic N) is 1. The number of rotatable bonds is 9. The Hall–Kier alpha value is -3.55. The fourth-order valence-electron chi connectivity index (χ4n) is 4.61. The highest BCUT2D eigenvalue weighted by Gasteiger charge is 2.43. The van der Waals surface area contributed by atoms with E-state index in [0.29, 0.717) is 24.1 Å². The Morgan fingerprint density at radius 1 is 0.824 bits per heavy atom. The maximum Gasteiger partial charge on any atom is 0.165 e. The third kappa shape index (κ3) is 4.58. The predicted molar refractivity (Wildman–Crippen MR) is 143 cm³/mol. The van der Waals surface area contributed by atoms with Crippen LogP contribution in [0.1, 0.15) is 19.3 Å². The minimum atomic E-state index is -3.23. The van der Waals surface area contributed by atoms with E-state index in [0.717, 1.165) is 21.9 Å². The Morgan fingerprint density at radius 3 is 1.85 bits per heavy atom. The molecule has 0 saturated heterocycles. The van der Waals surface area contributed by atoms with Gasteiger partial charge in [0.2, 0.25) is 0 Å². The summed E-state index contributed by atoms with van der Waals surface area (Å²) >= 11 is 0. The molecule has 0 spiro atoms. The molecular weight excluding hydrogens is 437 g/mol. The number of aliphatic imine (C=N–C) groups is 1. The van der Waals surface area contributed by atoms with E-state index in [-0.39, 0.29) is 12.2 Å². The lowest BCUT2D eigenvalue weighted by atomic mass is 10.0. The van der Waals surface area contributed by atoms with Crippen LogP contribution in [-0.2, 0) is 9.36 Å². The van der Waals surface area contributed by atoms with Crippen molar-refractivity contribution < 1.29 is 9.36 Å². The number of Topliss-reactive ketones (excluding diaryl/α,β-unsaturated/α-hetero) is 1. The Balaban J connectivity index is 2.00. The summed E-state index contributed by atoms with van der Waals surface area (Å²) in [5.41, 5.74) is 2.44. The normalized spacial score (nSPS) is 16.0. The van der Waals surface area contributed by atoms with Gasteiger partial charge >= 0.3 is 0 Å². The van der Waals surface area contributed by atoms with Crippen LogP contribution in [0.3, 0.4) is 0 Å². The van der Waals surface area contributed by atoms with Gasteiger partial charge in [-0.1, -0.05) is 91.0 Å². The smallest absolute Gasteiger partial charge is 0.165 e. The summed E-state index contributed by atoms with van der Waals surface area (Å²) in [6.45, 7) is 7.85. The number of allylic oxidation sites excluding steroid dienone is 4. The molecule has 1 aliphatic rings. The van der Waals surface area contributed by atoms with Crippen molar-refractivity contribution in [3.63, 3.8) is 0 Å². The number of hydrogen-bond donors (Lipinski definition) is 0. The molecule has 3 aromatic carbocycles. The van der Waals surface area contributed by atoms with E-state index in [1.165, 1.54) is 0 Å². The molecule has 0 aromatic heterocycles. The molecule has 170 valence electrons. The zero-order valence-electron chi connectivity index (χ0n) is 19.1. The monoisotopic (exact) mass is 465 g/mol. The van der Waals surface area contributed by atoms with E-state index < -0.39 is 12.8 Å². The molecule has 0 saturated carbocycles. The molecule has 3 nitrogen and oxygen atoms in total. The first-order valence-electron chi connectivity index (χ1n) is 11.4. The molecule has 1 atom stereocenters. The van der Waals surface area contributed by atoms with Crippen LogP contribution >= 0.6 is 7.14 Å². The molecule has 0 heterocycles. The van der Waals surface area contributed by atoms with Gasteiger partial charge in [0.25, 0.3) is 0 Å². The Labute approximate surface area is 201 Å². The van der Waals surface area contributed by atoms with Crippen molar-refractivity contribution in [2.75, 3.05) is 0 Å². The summed E-state index contributed by atoms with van der Waals surface area (Å²) in [5, 5.41) is 1.52.